The molecule has 0 spiro atoms. The third-order valence-electron chi connectivity index (χ3n) is 2.49. The van der Waals surface area contributed by atoms with Crippen LogP contribution in [-0.4, -0.2) is 45.9 Å². The SMILES string of the molecule is CC[C]1=C(C(=O)NC)C=[CH][In]1[CH2]OC. The Morgan fingerprint density at radius 3 is 2.86 bits per heavy atom. The summed E-state index contributed by atoms with van der Waals surface area (Å²) in [5.41, 5.74) is 0.896. The summed E-state index contributed by atoms with van der Waals surface area (Å²) in [6.07, 6.45) is 2.97. The molecule has 0 bridgehead atoms. The van der Waals surface area contributed by atoms with Gasteiger partial charge in [-0.2, -0.15) is 0 Å². The van der Waals surface area contributed by atoms with Gasteiger partial charge in [0.25, 0.3) is 0 Å². The molecule has 1 amide bonds. The molecule has 4 heteroatoms. The number of rotatable bonds is 4. The molecule has 1 heterocycles. The first-order chi connectivity index (χ1) is 6.74. The van der Waals surface area contributed by atoms with Gasteiger partial charge >= 0.3 is 92.9 Å². The maximum atomic E-state index is 11.5. The molecule has 0 aromatic carbocycles. The fourth-order valence-electron chi connectivity index (χ4n) is 1.78. The number of amides is 1. The number of hydrogen-bond acceptors (Lipinski definition) is 2. The Hall–Kier alpha value is -0.220. The molecule has 1 N–H and O–H groups in total. The van der Waals surface area contributed by atoms with Crippen LogP contribution in [0.15, 0.2) is 18.8 Å². The molecular weight excluding hydrogens is 281 g/mol. The Kier molecular flexibility index (Phi) is 4.75. The van der Waals surface area contributed by atoms with Crippen LogP contribution in [0.2, 0.25) is 0 Å². The third kappa shape index (κ3) is 2.42. The van der Waals surface area contributed by atoms with Gasteiger partial charge in [0.1, 0.15) is 0 Å². The molecular formula is C10H16InNO2. The zero-order valence-electron chi connectivity index (χ0n) is 8.96. The summed E-state index contributed by atoms with van der Waals surface area (Å²) < 4.78 is 9.69. The van der Waals surface area contributed by atoms with Crippen molar-refractivity contribution in [2.45, 2.75) is 13.3 Å². The molecule has 0 atom stereocenters. The Bertz CT molecular complexity index is 284. The van der Waals surface area contributed by atoms with Crippen LogP contribution in [0.25, 0.3) is 0 Å². The van der Waals surface area contributed by atoms with Gasteiger partial charge < -0.3 is 0 Å². The third-order valence-corrected chi connectivity index (χ3v) is 10.9. The summed E-state index contributed by atoms with van der Waals surface area (Å²) in [6.45, 7) is 2.12. The fourth-order valence-corrected chi connectivity index (χ4v) is 8.86. The second-order valence-corrected chi connectivity index (χ2v) is 10.8. The minimum atomic E-state index is -1.82. The molecule has 0 saturated carbocycles. The number of carbonyl (C=O) groups excluding carboxylic acids is 1. The summed E-state index contributed by atoms with van der Waals surface area (Å²) in [6, 6.07) is 0. The second-order valence-electron chi connectivity index (χ2n) is 3.29. The van der Waals surface area contributed by atoms with Gasteiger partial charge in [-0.05, 0) is 0 Å². The van der Waals surface area contributed by atoms with E-state index in [2.05, 4.69) is 16.1 Å². The molecule has 0 aliphatic carbocycles. The number of ether oxygens (including phenoxy) is 1. The quantitative estimate of drug-likeness (QED) is 0.832. The summed E-state index contributed by atoms with van der Waals surface area (Å²) in [7, 11) is 3.41. The Balaban J connectivity index is 2.85. The van der Waals surface area contributed by atoms with Gasteiger partial charge in [0.15, 0.2) is 0 Å². The van der Waals surface area contributed by atoms with E-state index in [9.17, 15) is 4.79 Å². The molecule has 3 nitrogen and oxygen atoms in total. The first-order valence-electron chi connectivity index (χ1n) is 4.86. The fraction of sp³-hybridized carbons (Fsp3) is 0.500. The molecule has 0 radical (unpaired) electrons. The molecule has 1 aliphatic rings. The van der Waals surface area contributed by atoms with E-state index in [0.717, 1.165) is 16.4 Å². The number of methoxy groups -OCH3 is 1. The van der Waals surface area contributed by atoms with Crippen LogP contribution in [0.5, 0.6) is 0 Å². The molecule has 0 aromatic rings. The van der Waals surface area contributed by atoms with Crippen molar-refractivity contribution in [2.75, 3.05) is 18.5 Å². The Morgan fingerprint density at radius 1 is 1.64 bits per heavy atom. The van der Waals surface area contributed by atoms with Gasteiger partial charge in [0.05, 0.1) is 0 Å². The van der Waals surface area contributed by atoms with E-state index in [1.54, 1.807) is 14.2 Å². The molecule has 0 saturated heterocycles. The van der Waals surface area contributed by atoms with Crippen molar-refractivity contribution >= 4 is 27.3 Å². The van der Waals surface area contributed by atoms with E-state index in [0.29, 0.717) is 0 Å². The van der Waals surface area contributed by atoms with Crippen molar-refractivity contribution < 1.29 is 9.53 Å². The number of carbonyl (C=O) groups is 1. The first-order valence-corrected chi connectivity index (χ1v) is 10.7. The average molecular weight is 297 g/mol. The number of allylic oxidation sites excluding steroid dienone is 1. The minimum absolute atomic E-state index is 0.0494. The second kappa shape index (κ2) is 5.61. The molecule has 76 valence electrons. The summed E-state index contributed by atoms with van der Waals surface area (Å²) in [4.78, 5) is 11.5. The molecule has 14 heavy (non-hydrogen) atoms. The van der Waals surface area contributed by atoms with Crippen molar-refractivity contribution in [3.8, 4) is 0 Å². The van der Waals surface area contributed by atoms with Crippen LogP contribution in [-0.2, 0) is 9.53 Å². The summed E-state index contributed by atoms with van der Waals surface area (Å²) in [5, 5.41) is 2.68. The van der Waals surface area contributed by atoms with Gasteiger partial charge in [-0.25, -0.2) is 0 Å². The van der Waals surface area contributed by atoms with E-state index in [1.807, 2.05) is 6.08 Å². The van der Waals surface area contributed by atoms with Crippen LogP contribution in [0, 0.1) is 0 Å². The van der Waals surface area contributed by atoms with Crippen molar-refractivity contribution in [1.82, 2.24) is 5.32 Å². The van der Waals surface area contributed by atoms with E-state index in [1.165, 1.54) is 3.33 Å². The maximum absolute atomic E-state index is 11.5. The summed E-state index contributed by atoms with van der Waals surface area (Å²) >= 11 is -1.82. The van der Waals surface area contributed by atoms with Crippen molar-refractivity contribution in [3.63, 3.8) is 0 Å². The zero-order valence-corrected chi connectivity index (χ0v) is 12.3. The summed E-state index contributed by atoms with van der Waals surface area (Å²) in [5.74, 6) is 0.0494. The van der Waals surface area contributed by atoms with Crippen molar-refractivity contribution in [2.24, 2.45) is 0 Å². The normalized spacial score (nSPS) is 15.2. The molecule has 1 rings (SSSR count). The first kappa shape index (κ1) is 11.9. The molecule has 0 aromatic heterocycles. The van der Waals surface area contributed by atoms with Crippen LogP contribution in [0.3, 0.4) is 0 Å². The predicted octanol–water partition coefficient (Wildman–Crippen LogP) is 0.768. The van der Waals surface area contributed by atoms with E-state index in [4.69, 9.17) is 4.74 Å². The van der Waals surface area contributed by atoms with Crippen LogP contribution in [0.4, 0.5) is 0 Å². The van der Waals surface area contributed by atoms with E-state index < -0.39 is 21.4 Å². The van der Waals surface area contributed by atoms with Crippen LogP contribution < -0.4 is 5.32 Å². The molecule has 1 aliphatic heterocycles. The van der Waals surface area contributed by atoms with E-state index in [-0.39, 0.29) is 5.91 Å². The van der Waals surface area contributed by atoms with Gasteiger partial charge in [0, 0.05) is 0 Å². The number of likely N-dealkylation sites (N-methyl/N-ethyl adjacent to an activating group) is 1. The van der Waals surface area contributed by atoms with Crippen molar-refractivity contribution in [1.29, 1.82) is 0 Å². The number of nitrogens with one attached hydrogen (secondary N) is 1. The Morgan fingerprint density at radius 2 is 2.36 bits per heavy atom. The van der Waals surface area contributed by atoms with Gasteiger partial charge in [-0.1, -0.05) is 0 Å². The van der Waals surface area contributed by atoms with Crippen molar-refractivity contribution in [3.05, 3.63) is 18.8 Å². The van der Waals surface area contributed by atoms with Crippen LogP contribution >= 0.6 is 0 Å². The molecule has 0 unspecified atom stereocenters. The van der Waals surface area contributed by atoms with Crippen LogP contribution in [0.1, 0.15) is 13.3 Å². The molecule has 0 fully saturated rings. The Labute approximate surface area is 92.7 Å². The topological polar surface area (TPSA) is 38.3 Å². The average Bonchev–Trinajstić information content (AvgIpc) is 2.60. The predicted molar refractivity (Wildman–Crippen MR) is 58.2 cm³/mol. The van der Waals surface area contributed by atoms with E-state index >= 15 is 0 Å². The number of hydrogen-bond donors (Lipinski definition) is 1. The van der Waals surface area contributed by atoms with Gasteiger partial charge in [-0.15, -0.1) is 0 Å². The zero-order chi connectivity index (χ0) is 10.6. The monoisotopic (exact) mass is 297 g/mol. The standard InChI is InChI=1S/C8H11NO.C2H5O.In/c1-4-6-7(5-2)8(10)9-3;1-3-2;/h2,5H,4H2,1,3H3,(H,9,10);1H2,2H3;. The van der Waals surface area contributed by atoms with Gasteiger partial charge in [-0.3, -0.25) is 0 Å². The van der Waals surface area contributed by atoms with Gasteiger partial charge in [0.2, 0.25) is 0 Å².